The van der Waals surface area contributed by atoms with Crippen molar-refractivity contribution in [1.29, 1.82) is 5.41 Å². The van der Waals surface area contributed by atoms with Crippen LogP contribution in [0.1, 0.15) is 71.7 Å². The Bertz CT molecular complexity index is 1500. The van der Waals surface area contributed by atoms with E-state index < -0.39 is 34.1 Å². The molecule has 1 saturated carbocycles. The number of carbonyl (C=O) groups is 2. The summed E-state index contributed by atoms with van der Waals surface area (Å²) in [4.78, 5) is 31.0. The predicted molar refractivity (Wildman–Crippen MR) is 172 cm³/mol. The number of rotatable bonds is 12. The number of nitrogens with two attached hydrogens (primary N) is 1. The van der Waals surface area contributed by atoms with Crippen LogP contribution >= 0.6 is 11.3 Å². The van der Waals surface area contributed by atoms with Gasteiger partial charge in [-0.15, -0.1) is 11.3 Å². The summed E-state index contributed by atoms with van der Waals surface area (Å²) >= 11 is 1.33. The van der Waals surface area contributed by atoms with Crippen molar-refractivity contribution >= 4 is 39.2 Å². The zero-order valence-corrected chi connectivity index (χ0v) is 26.2. The molecule has 0 radical (unpaired) electrons. The first-order valence-electron chi connectivity index (χ1n) is 15.1. The molecule has 12 heteroatoms. The van der Waals surface area contributed by atoms with Crippen molar-refractivity contribution in [3.05, 3.63) is 93.7 Å². The normalized spacial score (nSPS) is 18.3. The lowest BCUT2D eigenvalue weighted by atomic mass is 9.84. The quantitative estimate of drug-likeness (QED) is 0.152. The zero-order chi connectivity index (χ0) is 31.1. The Morgan fingerprint density at radius 1 is 0.909 bits per heavy atom. The molecule has 0 bridgehead atoms. The van der Waals surface area contributed by atoms with Crippen LogP contribution in [0.15, 0.2) is 72.8 Å². The maximum absolute atomic E-state index is 14.5. The van der Waals surface area contributed by atoms with Crippen molar-refractivity contribution in [3.8, 4) is 0 Å². The fourth-order valence-corrected chi connectivity index (χ4v) is 8.31. The summed E-state index contributed by atoms with van der Waals surface area (Å²) in [6, 6.07) is 20.3. The van der Waals surface area contributed by atoms with Gasteiger partial charge < -0.3 is 16.0 Å². The monoisotopic (exact) mass is 636 g/mol. The minimum absolute atomic E-state index is 0.0296. The van der Waals surface area contributed by atoms with Crippen LogP contribution in [0.25, 0.3) is 0 Å². The molecule has 1 saturated heterocycles. The number of benzene rings is 2. The number of likely N-dealkylation sites (tertiary alicyclic amines) is 1. The topological polar surface area (TPSA) is 157 Å². The van der Waals surface area contributed by atoms with Gasteiger partial charge in [-0.1, -0.05) is 79.9 Å². The highest BCUT2D eigenvalue weighted by molar-refractivity contribution is 7.87. The van der Waals surface area contributed by atoms with Crippen LogP contribution in [0, 0.1) is 5.41 Å². The number of hydrogen-bond acceptors (Lipinski definition) is 6. The number of hydrogen-bond donors (Lipinski definition) is 5. The molecule has 1 aromatic heterocycles. The molecule has 2 aromatic carbocycles. The standard InChI is InChI=1S/C32H40N6O4S2/c33-30(34)27-19-18-25(43-27)21-35-31(39)26-17-10-20-38(26)32(40)29(37-44(41,42)36-24-15-8-3-9-16-24)28(22-11-4-1-5-12-22)23-13-6-2-7-14-23/h1-2,4-7,11-14,18-19,24,26,28-29,36-37H,3,8-10,15-17,20-21H2,(H3,33,34)(H,35,39)/t26-,29+/m0/s1. The van der Waals surface area contributed by atoms with E-state index in [0.717, 1.165) is 48.1 Å². The molecule has 0 unspecified atom stereocenters. The maximum Gasteiger partial charge on any atom is 0.277 e. The van der Waals surface area contributed by atoms with E-state index in [9.17, 15) is 18.0 Å². The van der Waals surface area contributed by atoms with Crippen LogP contribution in [0.4, 0.5) is 0 Å². The zero-order valence-electron chi connectivity index (χ0n) is 24.6. The smallest absolute Gasteiger partial charge is 0.277 e. The van der Waals surface area contributed by atoms with Crippen molar-refractivity contribution in [2.24, 2.45) is 5.73 Å². The Morgan fingerprint density at radius 3 is 2.14 bits per heavy atom. The molecule has 2 amide bonds. The number of thiophene rings is 1. The Morgan fingerprint density at radius 2 is 1.55 bits per heavy atom. The van der Waals surface area contributed by atoms with E-state index in [1.165, 1.54) is 16.2 Å². The molecule has 1 aliphatic carbocycles. The number of nitrogens with one attached hydrogen (secondary N) is 4. The first kappa shape index (κ1) is 31.8. The largest absolute Gasteiger partial charge is 0.383 e. The summed E-state index contributed by atoms with van der Waals surface area (Å²) in [5, 5.41) is 10.5. The van der Waals surface area contributed by atoms with Gasteiger partial charge in [-0.05, 0) is 48.9 Å². The minimum atomic E-state index is -4.08. The van der Waals surface area contributed by atoms with E-state index in [2.05, 4.69) is 14.8 Å². The average molecular weight is 637 g/mol. The SMILES string of the molecule is N=C(N)c1ccc(CNC(=O)[C@@H]2CCCN2C(=O)[C@H](NS(=O)(=O)NC2CCCCC2)C(c2ccccc2)c2ccccc2)s1. The van der Waals surface area contributed by atoms with Gasteiger partial charge in [0.25, 0.3) is 10.2 Å². The molecule has 0 spiro atoms. The van der Waals surface area contributed by atoms with Crippen LogP contribution in [-0.2, 0) is 26.3 Å². The van der Waals surface area contributed by atoms with Crippen LogP contribution < -0.4 is 20.5 Å². The van der Waals surface area contributed by atoms with Gasteiger partial charge in [-0.2, -0.15) is 17.9 Å². The lowest BCUT2D eigenvalue weighted by Crippen LogP contribution is -2.57. The third-order valence-electron chi connectivity index (χ3n) is 8.33. The number of carbonyl (C=O) groups excluding carboxylic acids is 2. The van der Waals surface area contributed by atoms with Crippen molar-refractivity contribution in [2.45, 2.75) is 75.5 Å². The Balaban J connectivity index is 1.43. The van der Waals surface area contributed by atoms with Gasteiger partial charge in [0.1, 0.15) is 17.9 Å². The summed E-state index contributed by atoms with van der Waals surface area (Å²) in [5.74, 6) is -1.40. The van der Waals surface area contributed by atoms with Gasteiger partial charge in [0.05, 0.1) is 11.4 Å². The first-order valence-corrected chi connectivity index (χ1v) is 17.4. The second-order valence-electron chi connectivity index (χ2n) is 11.4. The number of amidine groups is 1. The lowest BCUT2D eigenvalue weighted by Gasteiger charge is -2.34. The van der Waals surface area contributed by atoms with E-state index in [0.29, 0.717) is 24.3 Å². The molecule has 6 N–H and O–H groups in total. The van der Waals surface area contributed by atoms with Crippen LogP contribution in [-0.4, -0.2) is 55.6 Å². The molecule has 5 rings (SSSR count). The maximum atomic E-state index is 14.5. The third kappa shape index (κ3) is 7.92. The van der Waals surface area contributed by atoms with Gasteiger partial charge in [0.15, 0.2) is 0 Å². The van der Waals surface area contributed by atoms with Gasteiger partial charge in [0, 0.05) is 23.4 Å². The van der Waals surface area contributed by atoms with Crippen molar-refractivity contribution in [2.75, 3.05) is 6.54 Å². The van der Waals surface area contributed by atoms with Gasteiger partial charge in [-0.25, -0.2) is 0 Å². The molecule has 2 aliphatic rings. The van der Waals surface area contributed by atoms with E-state index in [-0.39, 0.29) is 24.3 Å². The molecule has 1 aliphatic heterocycles. The fourth-order valence-electron chi connectivity index (χ4n) is 6.19. The second-order valence-corrected chi connectivity index (χ2v) is 14.1. The highest BCUT2D eigenvalue weighted by Crippen LogP contribution is 2.32. The highest BCUT2D eigenvalue weighted by Gasteiger charge is 2.42. The summed E-state index contributed by atoms with van der Waals surface area (Å²) < 4.78 is 32.8. The van der Waals surface area contributed by atoms with Crippen LogP contribution in [0.2, 0.25) is 0 Å². The molecule has 44 heavy (non-hydrogen) atoms. The van der Waals surface area contributed by atoms with E-state index in [4.69, 9.17) is 11.1 Å². The molecule has 10 nitrogen and oxygen atoms in total. The van der Waals surface area contributed by atoms with E-state index >= 15 is 0 Å². The summed E-state index contributed by atoms with van der Waals surface area (Å²) in [5.41, 5.74) is 7.15. The van der Waals surface area contributed by atoms with Crippen LogP contribution in [0.3, 0.4) is 0 Å². The molecule has 2 fully saturated rings. The lowest BCUT2D eigenvalue weighted by molar-refractivity contribution is -0.140. The molecule has 3 aromatic rings. The molecular formula is C32H40N6O4S2. The summed E-state index contributed by atoms with van der Waals surface area (Å²) in [7, 11) is -4.08. The van der Waals surface area contributed by atoms with E-state index in [1.807, 2.05) is 66.7 Å². The summed E-state index contributed by atoms with van der Waals surface area (Å²) in [6.07, 6.45) is 5.61. The Hall–Kier alpha value is -3.58. The second kappa shape index (κ2) is 14.5. The van der Waals surface area contributed by atoms with Crippen molar-refractivity contribution < 1.29 is 18.0 Å². The fraction of sp³-hybridized carbons (Fsp3) is 0.406. The number of nitrogen functional groups attached to an aromatic ring is 1. The van der Waals surface area contributed by atoms with Gasteiger partial charge in [-0.3, -0.25) is 15.0 Å². The first-order chi connectivity index (χ1) is 21.2. The Kier molecular flexibility index (Phi) is 10.5. The van der Waals surface area contributed by atoms with Crippen molar-refractivity contribution in [1.82, 2.24) is 19.7 Å². The highest BCUT2D eigenvalue weighted by atomic mass is 32.2. The number of nitrogens with zero attached hydrogens (tertiary/aromatic N) is 1. The summed E-state index contributed by atoms with van der Waals surface area (Å²) in [6.45, 7) is 0.586. The Labute approximate surface area is 263 Å². The minimum Gasteiger partial charge on any atom is -0.383 e. The van der Waals surface area contributed by atoms with Gasteiger partial charge in [0.2, 0.25) is 11.8 Å². The van der Waals surface area contributed by atoms with Crippen LogP contribution in [0.5, 0.6) is 0 Å². The molecule has 234 valence electrons. The average Bonchev–Trinajstić information content (AvgIpc) is 3.71. The molecule has 2 atom stereocenters. The third-order valence-corrected chi connectivity index (χ3v) is 10.7. The van der Waals surface area contributed by atoms with Gasteiger partial charge >= 0.3 is 0 Å². The predicted octanol–water partition coefficient (Wildman–Crippen LogP) is 3.60. The van der Waals surface area contributed by atoms with Crippen molar-refractivity contribution in [3.63, 3.8) is 0 Å². The van der Waals surface area contributed by atoms with E-state index in [1.54, 1.807) is 6.07 Å². The number of amides is 2. The molecular weight excluding hydrogens is 597 g/mol. The molecule has 2 heterocycles.